The highest BCUT2D eigenvalue weighted by molar-refractivity contribution is 7.98. The van der Waals surface area contributed by atoms with Gasteiger partial charge >= 0.3 is 6.03 Å². The topological polar surface area (TPSA) is 125 Å². The summed E-state index contributed by atoms with van der Waals surface area (Å²) in [5, 5.41) is 19.4. The van der Waals surface area contributed by atoms with Crippen LogP contribution in [0.25, 0.3) is 0 Å². The van der Waals surface area contributed by atoms with Crippen molar-refractivity contribution >= 4 is 33.5 Å². The van der Waals surface area contributed by atoms with Crippen molar-refractivity contribution in [2.24, 2.45) is 5.14 Å². The summed E-state index contributed by atoms with van der Waals surface area (Å²) in [7, 11) is -3.75. The molecule has 0 bridgehead atoms. The molecule has 0 radical (unpaired) electrons. The molecular formula is C17H18N4O3S2. The van der Waals surface area contributed by atoms with Gasteiger partial charge < -0.3 is 10.6 Å². The van der Waals surface area contributed by atoms with Crippen molar-refractivity contribution in [3.8, 4) is 6.07 Å². The Kier molecular flexibility index (Phi) is 7.03. The van der Waals surface area contributed by atoms with Crippen molar-refractivity contribution in [1.82, 2.24) is 5.32 Å². The van der Waals surface area contributed by atoms with E-state index in [1.807, 2.05) is 18.2 Å². The van der Waals surface area contributed by atoms with Crippen LogP contribution >= 0.6 is 11.8 Å². The number of nitrogens with one attached hydrogen (secondary N) is 2. The number of benzene rings is 2. The maximum absolute atomic E-state index is 11.8. The van der Waals surface area contributed by atoms with Crippen LogP contribution in [0.15, 0.2) is 53.4 Å². The number of sulfonamides is 1. The average molecular weight is 390 g/mol. The van der Waals surface area contributed by atoms with Crippen LogP contribution in [0.1, 0.15) is 11.1 Å². The monoisotopic (exact) mass is 390 g/mol. The highest BCUT2D eigenvalue weighted by Crippen LogP contribution is 2.15. The summed E-state index contributed by atoms with van der Waals surface area (Å²) in [5.74, 6) is 1.39. The Hall–Kier alpha value is -2.54. The third-order valence-corrected chi connectivity index (χ3v) is 5.31. The molecule has 0 saturated carbocycles. The van der Waals surface area contributed by atoms with Gasteiger partial charge in [0.15, 0.2) is 0 Å². The summed E-state index contributed by atoms with van der Waals surface area (Å²) in [6.07, 6.45) is 0. The molecule has 2 aromatic carbocycles. The van der Waals surface area contributed by atoms with Crippen molar-refractivity contribution in [3.05, 3.63) is 59.7 Å². The summed E-state index contributed by atoms with van der Waals surface area (Å²) in [4.78, 5) is 11.8. The van der Waals surface area contributed by atoms with E-state index in [4.69, 9.17) is 10.4 Å². The average Bonchev–Trinajstić information content (AvgIpc) is 2.61. The Balaban J connectivity index is 1.71. The van der Waals surface area contributed by atoms with Crippen LogP contribution in [0, 0.1) is 11.3 Å². The molecule has 9 heteroatoms. The number of hydrogen-bond acceptors (Lipinski definition) is 5. The van der Waals surface area contributed by atoms with E-state index in [0.717, 1.165) is 5.56 Å². The molecule has 2 amide bonds. The molecule has 0 aliphatic rings. The number of nitriles is 1. The number of thioether (sulfide) groups is 1. The molecule has 0 aliphatic carbocycles. The highest BCUT2D eigenvalue weighted by Gasteiger charge is 2.08. The number of carbonyl (C=O) groups is 1. The van der Waals surface area contributed by atoms with Gasteiger partial charge in [-0.05, 0) is 35.9 Å². The second-order valence-electron chi connectivity index (χ2n) is 5.27. The lowest BCUT2D eigenvalue weighted by Crippen LogP contribution is -2.30. The first-order valence-electron chi connectivity index (χ1n) is 7.63. The van der Waals surface area contributed by atoms with Crippen LogP contribution in [0.3, 0.4) is 0 Å². The Labute approximate surface area is 156 Å². The third-order valence-electron chi connectivity index (χ3n) is 3.37. The molecule has 0 fully saturated rings. The van der Waals surface area contributed by atoms with Gasteiger partial charge in [-0.2, -0.15) is 17.0 Å². The fourth-order valence-electron chi connectivity index (χ4n) is 2.08. The SMILES string of the molecule is N#Cc1ccccc1CSCCNC(=O)Nc1ccc(S(N)(=O)=O)cc1. The molecule has 0 unspecified atom stereocenters. The maximum Gasteiger partial charge on any atom is 0.319 e. The molecule has 2 aromatic rings. The predicted octanol–water partition coefficient (Wildman–Crippen LogP) is 2.26. The van der Waals surface area contributed by atoms with Crippen LogP contribution in [-0.2, 0) is 15.8 Å². The molecule has 4 N–H and O–H groups in total. The number of hydrogen-bond donors (Lipinski definition) is 3. The quantitative estimate of drug-likeness (QED) is 0.625. The van der Waals surface area contributed by atoms with Crippen LogP contribution < -0.4 is 15.8 Å². The number of anilines is 1. The molecular weight excluding hydrogens is 372 g/mol. The number of carbonyl (C=O) groups excluding carboxylic acids is 1. The van der Waals surface area contributed by atoms with E-state index in [9.17, 15) is 13.2 Å². The van der Waals surface area contributed by atoms with E-state index < -0.39 is 10.0 Å². The summed E-state index contributed by atoms with van der Waals surface area (Å²) in [6.45, 7) is 0.459. The molecule has 7 nitrogen and oxygen atoms in total. The van der Waals surface area contributed by atoms with Gasteiger partial charge in [0.1, 0.15) is 0 Å². The standard InChI is InChI=1S/C17H18N4O3S2/c18-11-13-3-1-2-4-14(13)12-25-10-9-20-17(22)21-15-5-7-16(8-6-15)26(19,23)24/h1-8H,9-10,12H2,(H2,19,23,24)(H2,20,21,22). The van der Waals surface area contributed by atoms with Crippen LogP contribution in [0.5, 0.6) is 0 Å². The molecule has 2 rings (SSSR count). The predicted molar refractivity (Wildman–Crippen MR) is 102 cm³/mol. The fraction of sp³-hybridized carbons (Fsp3) is 0.176. The highest BCUT2D eigenvalue weighted by atomic mass is 32.2. The molecule has 0 aromatic heterocycles. The first kappa shape index (κ1) is 19.8. The number of amides is 2. The van der Waals surface area contributed by atoms with E-state index in [1.165, 1.54) is 24.3 Å². The van der Waals surface area contributed by atoms with Gasteiger partial charge in [-0.25, -0.2) is 18.4 Å². The molecule has 26 heavy (non-hydrogen) atoms. The first-order chi connectivity index (χ1) is 12.4. The minimum Gasteiger partial charge on any atom is -0.337 e. The van der Waals surface area contributed by atoms with Crippen molar-refractivity contribution in [2.75, 3.05) is 17.6 Å². The Morgan fingerprint density at radius 1 is 1.15 bits per heavy atom. The minimum atomic E-state index is -3.75. The summed E-state index contributed by atoms with van der Waals surface area (Å²) < 4.78 is 22.3. The van der Waals surface area contributed by atoms with Gasteiger partial charge in [0.2, 0.25) is 10.0 Å². The van der Waals surface area contributed by atoms with E-state index in [0.29, 0.717) is 29.3 Å². The Morgan fingerprint density at radius 2 is 1.85 bits per heavy atom. The summed E-state index contributed by atoms with van der Waals surface area (Å²) in [5.41, 5.74) is 2.10. The van der Waals surface area contributed by atoms with Crippen molar-refractivity contribution in [3.63, 3.8) is 0 Å². The lowest BCUT2D eigenvalue weighted by atomic mass is 10.1. The number of primary sulfonamides is 1. The van der Waals surface area contributed by atoms with E-state index in [1.54, 1.807) is 17.8 Å². The normalized spacial score (nSPS) is 10.8. The zero-order valence-corrected chi connectivity index (χ0v) is 15.4. The lowest BCUT2D eigenvalue weighted by molar-refractivity contribution is 0.252. The summed E-state index contributed by atoms with van der Waals surface area (Å²) in [6, 6.07) is 14.8. The molecule has 0 aliphatic heterocycles. The van der Waals surface area contributed by atoms with E-state index >= 15 is 0 Å². The maximum atomic E-state index is 11.8. The first-order valence-corrected chi connectivity index (χ1v) is 10.3. The fourth-order valence-corrected chi connectivity index (χ4v) is 3.46. The van der Waals surface area contributed by atoms with Crippen molar-refractivity contribution in [1.29, 1.82) is 5.26 Å². The van der Waals surface area contributed by atoms with Crippen LogP contribution in [-0.4, -0.2) is 26.7 Å². The number of urea groups is 1. The second kappa shape index (κ2) is 9.24. The lowest BCUT2D eigenvalue weighted by Gasteiger charge is -2.08. The van der Waals surface area contributed by atoms with Gasteiger partial charge in [-0.15, -0.1) is 0 Å². The molecule has 0 saturated heterocycles. The van der Waals surface area contributed by atoms with Gasteiger partial charge in [0.05, 0.1) is 16.5 Å². The van der Waals surface area contributed by atoms with Crippen LogP contribution in [0.2, 0.25) is 0 Å². The van der Waals surface area contributed by atoms with Gasteiger partial charge in [-0.1, -0.05) is 18.2 Å². The smallest absolute Gasteiger partial charge is 0.319 e. The molecule has 0 heterocycles. The zero-order chi connectivity index (χ0) is 19.0. The second-order valence-corrected chi connectivity index (χ2v) is 7.94. The minimum absolute atomic E-state index is 0.0162. The third kappa shape index (κ3) is 6.07. The van der Waals surface area contributed by atoms with Crippen molar-refractivity contribution in [2.45, 2.75) is 10.6 Å². The van der Waals surface area contributed by atoms with E-state index in [-0.39, 0.29) is 10.9 Å². The number of rotatable bonds is 7. The van der Waals surface area contributed by atoms with Gasteiger partial charge in [0.25, 0.3) is 0 Å². The molecule has 136 valence electrons. The molecule has 0 spiro atoms. The number of nitrogens with two attached hydrogens (primary N) is 1. The summed E-state index contributed by atoms with van der Waals surface area (Å²) >= 11 is 1.61. The molecule has 0 atom stereocenters. The number of nitrogens with zero attached hydrogens (tertiary/aromatic N) is 1. The Morgan fingerprint density at radius 3 is 2.50 bits per heavy atom. The van der Waals surface area contributed by atoms with Gasteiger partial charge in [0, 0.05) is 23.7 Å². The van der Waals surface area contributed by atoms with E-state index in [2.05, 4.69) is 16.7 Å². The van der Waals surface area contributed by atoms with Crippen LogP contribution in [0.4, 0.5) is 10.5 Å². The zero-order valence-electron chi connectivity index (χ0n) is 13.8. The largest absolute Gasteiger partial charge is 0.337 e. The van der Waals surface area contributed by atoms with Gasteiger partial charge in [-0.3, -0.25) is 0 Å². The van der Waals surface area contributed by atoms with Crippen molar-refractivity contribution < 1.29 is 13.2 Å². The Bertz CT molecular complexity index is 906.